The number of aryl methyl sites for hydroxylation is 2. The highest BCUT2D eigenvalue weighted by Gasteiger charge is 2.34. The molecule has 4 atom stereocenters. The van der Waals surface area contributed by atoms with Gasteiger partial charge >= 0.3 is 17.9 Å². The van der Waals surface area contributed by atoms with E-state index in [0.29, 0.717) is 31.6 Å². The first kappa shape index (κ1) is 44.4. The van der Waals surface area contributed by atoms with Crippen LogP contribution in [0.4, 0.5) is 0 Å². The molecule has 0 fully saturated rings. The zero-order valence-corrected chi connectivity index (χ0v) is 31.9. The van der Waals surface area contributed by atoms with Crippen molar-refractivity contribution in [2.45, 2.75) is 82.5 Å². The van der Waals surface area contributed by atoms with Crippen LogP contribution < -0.4 is 36.9 Å². The van der Waals surface area contributed by atoms with Gasteiger partial charge in [-0.3, -0.25) is 24.0 Å². The van der Waals surface area contributed by atoms with Gasteiger partial charge in [-0.25, -0.2) is 0 Å². The molecule has 4 amide bonds. The summed E-state index contributed by atoms with van der Waals surface area (Å²) >= 11 is 0. The van der Waals surface area contributed by atoms with E-state index in [1.807, 2.05) is 61.5 Å². The average molecular weight is 774 g/mol. The highest BCUT2D eigenvalue weighted by atomic mass is 16.5. The molecule has 0 aliphatic rings. The molecular weight excluding hydrogens is 720 g/mol. The third-order valence-electron chi connectivity index (χ3n) is 9.11. The summed E-state index contributed by atoms with van der Waals surface area (Å²) in [6, 6.07) is 15.1. The molecule has 0 bridgehead atoms. The lowest BCUT2D eigenvalue weighted by molar-refractivity contribution is -0.141. The fraction of sp³-hybridized carbons (Fsp3) is 0.415. The molecule has 3 aromatic rings. The number of primary amides is 1. The summed E-state index contributed by atoms with van der Waals surface area (Å²) in [6.45, 7) is 7.59. The van der Waals surface area contributed by atoms with Crippen LogP contribution in [0.15, 0.2) is 66.7 Å². The normalized spacial score (nSPS) is 12.9. The molecule has 0 radical (unpaired) electrons. The number of nitrogens with zero attached hydrogens (tertiary/aromatic N) is 1. The largest absolute Gasteiger partial charge is 0.497 e. The maximum atomic E-state index is 13.9. The van der Waals surface area contributed by atoms with E-state index in [1.165, 1.54) is 0 Å². The van der Waals surface area contributed by atoms with Gasteiger partial charge in [-0.15, -0.1) is 0 Å². The molecule has 300 valence electrons. The van der Waals surface area contributed by atoms with Crippen molar-refractivity contribution in [2.75, 3.05) is 26.9 Å². The van der Waals surface area contributed by atoms with E-state index in [1.54, 1.807) is 19.2 Å². The van der Waals surface area contributed by atoms with Crippen molar-refractivity contribution >= 4 is 29.6 Å². The second kappa shape index (κ2) is 23.1. The number of aliphatic hydroxyl groups is 1. The van der Waals surface area contributed by atoms with Crippen LogP contribution in [0.2, 0.25) is 0 Å². The molecule has 3 rings (SSSR count). The van der Waals surface area contributed by atoms with Gasteiger partial charge < -0.3 is 47.1 Å². The van der Waals surface area contributed by atoms with Gasteiger partial charge in [0, 0.05) is 6.42 Å². The van der Waals surface area contributed by atoms with Crippen molar-refractivity contribution < 1.29 is 43.7 Å². The molecular formula is C41H53N6O9+. The van der Waals surface area contributed by atoms with Crippen LogP contribution in [0, 0.1) is 6.57 Å². The molecule has 0 aromatic heterocycles. The van der Waals surface area contributed by atoms with Crippen molar-refractivity contribution in [1.29, 1.82) is 0 Å². The minimum Gasteiger partial charge on any atom is -0.497 e. The molecule has 1 unspecified atom stereocenters. The molecule has 15 heteroatoms. The Labute approximate surface area is 326 Å². The predicted molar refractivity (Wildman–Crippen MR) is 211 cm³/mol. The quantitative estimate of drug-likeness (QED) is 0.0656. The number of nitrogens with two attached hydrogens (primary N) is 2. The number of amides is 4. The van der Waals surface area contributed by atoms with Gasteiger partial charge in [0.05, 0.1) is 20.1 Å². The average Bonchev–Trinajstić information content (AvgIpc) is 3.19. The highest BCUT2D eigenvalue weighted by molar-refractivity contribution is 5.96. The molecule has 0 aliphatic heterocycles. The van der Waals surface area contributed by atoms with Gasteiger partial charge in [-0.2, -0.15) is 0 Å². The summed E-state index contributed by atoms with van der Waals surface area (Å²) in [5.41, 5.74) is 15.8. The molecule has 0 saturated heterocycles. The first-order chi connectivity index (χ1) is 26.9. The number of aliphatic carboxylic acids is 1. The van der Waals surface area contributed by atoms with Crippen molar-refractivity contribution in [3.8, 4) is 29.2 Å². The molecule has 15 nitrogen and oxygen atoms in total. The molecule has 9 N–H and O–H groups in total. The van der Waals surface area contributed by atoms with Gasteiger partial charge in [-0.05, 0) is 97.2 Å². The number of carboxylic acid groups (broad SMARTS) is 1. The van der Waals surface area contributed by atoms with E-state index in [9.17, 15) is 34.2 Å². The lowest BCUT2D eigenvalue weighted by Crippen LogP contribution is -2.58. The zero-order valence-electron chi connectivity index (χ0n) is 31.9. The van der Waals surface area contributed by atoms with Crippen molar-refractivity contribution in [2.24, 2.45) is 11.5 Å². The number of methoxy groups -OCH3 is 1. The van der Waals surface area contributed by atoms with Gasteiger partial charge in [0.15, 0.2) is 0 Å². The predicted octanol–water partition coefficient (Wildman–Crippen LogP) is 2.35. The van der Waals surface area contributed by atoms with E-state index < -0.39 is 66.8 Å². The number of carbonyl (C=O) groups excluding carboxylic acids is 4. The topological polar surface area (TPSA) is 237 Å². The Morgan fingerprint density at radius 2 is 1.45 bits per heavy atom. The number of rotatable bonds is 24. The molecule has 0 heterocycles. The maximum Gasteiger partial charge on any atom is 0.370 e. The minimum absolute atomic E-state index is 0.0711. The number of ether oxygens (including phenoxy) is 2. The Kier molecular flexibility index (Phi) is 18.3. The summed E-state index contributed by atoms with van der Waals surface area (Å²) in [5, 5.41) is 26.3. The monoisotopic (exact) mass is 773 g/mol. The number of carboxylic acids is 1. The lowest BCUT2D eigenvalue weighted by Gasteiger charge is -2.24. The fourth-order valence-corrected chi connectivity index (χ4v) is 5.92. The number of unbranched alkanes of at least 4 members (excludes halogenated alkanes) is 1. The number of hydrogen-bond acceptors (Lipinski definition) is 9. The Morgan fingerprint density at radius 3 is 2.04 bits per heavy atom. The van der Waals surface area contributed by atoms with E-state index in [2.05, 4.69) is 20.8 Å². The van der Waals surface area contributed by atoms with Crippen LogP contribution >= 0.6 is 0 Å². The van der Waals surface area contributed by atoms with E-state index in [0.717, 1.165) is 53.0 Å². The summed E-state index contributed by atoms with van der Waals surface area (Å²) in [7, 11) is 1.60. The van der Waals surface area contributed by atoms with Crippen LogP contribution in [-0.2, 0) is 43.2 Å². The van der Waals surface area contributed by atoms with Crippen molar-refractivity contribution in [3.63, 3.8) is 0 Å². The zero-order chi connectivity index (χ0) is 41.0. The van der Waals surface area contributed by atoms with Crippen LogP contribution in [0.25, 0.3) is 16.0 Å². The molecule has 0 aliphatic carbocycles. The number of benzene rings is 3. The number of hydrogen-bond donors (Lipinski definition) is 7. The van der Waals surface area contributed by atoms with E-state index in [-0.39, 0.29) is 12.8 Å². The Morgan fingerprint density at radius 1 is 0.821 bits per heavy atom. The van der Waals surface area contributed by atoms with E-state index >= 15 is 0 Å². The van der Waals surface area contributed by atoms with Crippen LogP contribution in [0.5, 0.6) is 11.5 Å². The Hall–Kier alpha value is -5.98. The van der Waals surface area contributed by atoms with Gasteiger partial charge in [0.1, 0.15) is 36.2 Å². The Balaban J connectivity index is 1.81. The molecule has 0 spiro atoms. The summed E-state index contributed by atoms with van der Waals surface area (Å²) in [5.74, 6) is -3.48. The van der Waals surface area contributed by atoms with E-state index in [4.69, 9.17) is 27.5 Å². The van der Waals surface area contributed by atoms with Crippen LogP contribution in [-0.4, -0.2) is 90.8 Å². The summed E-state index contributed by atoms with van der Waals surface area (Å²) in [6.07, 6.45) is 2.82. The summed E-state index contributed by atoms with van der Waals surface area (Å²) < 4.78 is 11.1. The first-order valence-corrected chi connectivity index (χ1v) is 18.5. The standard InChI is InChI=1S/C41H52N6O9/c1-4-28-23-31(55-3)18-19-32(28)29-14-10-27(11-15-29)22-34(46-40(53)35(24-37(49)50)47-41(54)36(25-48)44-2)39(52)45-33(38(43)51)9-7-8-26-12-16-30(17-13-26)56-21-6-5-20-42/h2,10-19,23,33-36,48H,4-9,20-22,24-25,42H2,1,3H3,(H5-,43,45,46,47,49,50,51,52,53,54)/p+1/t33?,34-,35-,36-/m0/s1. The second-order valence-corrected chi connectivity index (χ2v) is 13.2. The minimum atomic E-state index is -1.66. The highest BCUT2D eigenvalue weighted by Crippen LogP contribution is 2.28. The van der Waals surface area contributed by atoms with Crippen molar-refractivity contribution in [1.82, 2.24) is 16.0 Å². The molecule has 56 heavy (non-hydrogen) atoms. The second-order valence-electron chi connectivity index (χ2n) is 13.2. The smallest absolute Gasteiger partial charge is 0.370 e. The summed E-state index contributed by atoms with van der Waals surface area (Å²) in [4.78, 5) is 67.4. The van der Waals surface area contributed by atoms with Gasteiger partial charge in [0.25, 0.3) is 6.57 Å². The number of nitrogens with one attached hydrogen (secondary N) is 3. The van der Waals surface area contributed by atoms with Crippen LogP contribution in [0.3, 0.4) is 0 Å². The lowest BCUT2D eigenvalue weighted by atomic mass is 9.95. The first-order valence-electron chi connectivity index (χ1n) is 18.5. The third kappa shape index (κ3) is 14.0. The molecule has 0 saturated carbocycles. The van der Waals surface area contributed by atoms with Crippen LogP contribution in [0.1, 0.15) is 55.7 Å². The molecule has 3 aromatic carbocycles. The fourth-order valence-electron chi connectivity index (χ4n) is 5.92. The maximum absolute atomic E-state index is 13.9. The van der Waals surface area contributed by atoms with Gasteiger partial charge in [0.2, 0.25) is 17.7 Å². The van der Waals surface area contributed by atoms with Gasteiger partial charge in [-0.1, -0.05) is 54.2 Å². The number of carbonyl (C=O) groups is 5. The SMILES string of the molecule is C#[N+][C@@H](CO)C(=O)N[C@@H](CC(=O)O)C(=O)N[C@@H](Cc1ccc(-c2ccc(OC)cc2CC)cc1)C(=O)NC(CCCc1ccc(OCCCCN)cc1)C(N)=O. The third-order valence-corrected chi connectivity index (χ3v) is 9.11. The Bertz CT molecular complexity index is 1810. The van der Waals surface area contributed by atoms with Crippen molar-refractivity contribution in [3.05, 3.63) is 88.3 Å². The number of aliphatic hydroxyl groups excluding tert-OH is 1.